The molecule has 0 saturated carbocycles. The SMILES string of the molecule is CCn1c(SCC(=O)NCC(=O)N2CCCC2)nnc1-c1ccco1. The Morgan fingerprint density at radius 3 is 2.80 bits per heavy atom. The third kappa shape index (κ3) is 4.22. The lowest BCUT2D eigenvalue weighted by Crippen LogP contribution is -2.39. The summed E-state index contributed by atoms with van der Waals surface area (Å²) in [5.74, 6) is 1.25. The normalized spacial score (nSPS) is 14.0. The summed E-state index contributed by atoms with van der Waals surface area (Å²) < 4.78 is 7.26. The molecule has 0 aliphatic carbocycles. The number of nitrogens with one attached hydrogen (secondary N) is 1. The molecule has 2 aromatic rings. The Kier molecular flexibility index (Phi) is 5.75. The maximum absolute atomic E-state index is 12.0. The summed E-state index contributed by atoms with van der Waals surface area (Å²) in [5, 5.41) is 11.6. The van der Waals surface area contributed by atoms with Crippen LogP contribution in [0, 0.1) is 0 Å². The van der Waals surface area contributed by atoms with E-state index in [1.54, 1.807) is 17.2 Å². The van der Waals surface area contributed by atoms with Crippen LogP contribution in [-0.4, -0.2) is 56.9 Å². The van der Waals surface area contributed by atoms with E-state index in [2.05, 4.69) is 15.5 Å². The molecule has 0 atom stereocenters. The molecule has 0 radical (unpaired) electrons. The van der Waals surface area contributed by atoms with Gasteiger partial charge in [0.25, 0.3) is 0 Å². The highest BCUT2D eigenvalue weighted by atomic mass is 32.2. The topological polar surface area (TPSA) is 93.3 Å². The van der Waals surface area contributed by atoms with Crippen LogP contribution >= 0.6 is 11.8 Å². The lowest BCUT2D eigenvalue weighted by molar-refractivity contribution is -0.131. The molecular weight excluding hydrogens is 342 g/mol. The van der Waals surface area contributed by atoms with Gasteiger partial charge in [0.2, 0.25) is 11.8 Å². The first kappa shape index (κ1) is 17.5. The Balaban J connectivity index is 1.51. The third-order valence-electron chi connectivity index (χ3n) is 4.00. The van der Waals surface area contributed by atoms with Gasteiger partial charge in [-0.15, -0.1) is 10.2 Å². The fraction of sp³-hybridized carbons (Fsp3) is 0.500. The molecule has 1 saturated heterocycles. The molecule has 3 rings (SSSR count). The van der Waals surface area contributed by atoms with Gasteiger partial charge in [-0.25, -0.2) is 0 Å². The molecule has 8 nitrogen and oxygen atoms in total. The number of aromatic nitrogens is 3. The van der Waals surface area contributed by atoms with Crippen molar-refractivity contribution in [2.24, 2.45) is 0 Å². The second kappa shape index (κ2) is 8.19. The van der Waals surface area contributed by atoms with Gasteiger partial charge in [0.05, 0.1) is 18.6 Å². The van der Waals surface area contributed by atoms with E-state index in [1.165, 1.54) is 11.8 Å². The number of rotatable bonds is 7. The fourth-order valence-corrected chi connectivity index (χ4v) is 3.53. The number of carbonyl (C=O) groups is 2. The molecular formula is C16H21N5O3S. The minimum absolute atomic E-state index is 0.0207. The Hall–Kier alpha value is -2.29. The van der Waals surface area contributed by atoms with E-state index in [4.69, 9.17) is 4.42 Å². The highest BCUT2D eigenvalue weighted by Gasteiger charge is 2.19. The van der Waals surface area contributed by atoms with Crippen LogP contribution < -0.4 is 5.32 Å². The van der Waals surface area contributed by atoms with Gasteiger partial charge in [-0.05, 0) is 31.9 Å². The highest BCUT2D eigenvalue weighted by molar-refractivity contribution is 7.99. The van der Waals surface area contributed by atoms with Crippen LogP contribution in [0.5, 0.6) is 0 Å². The standard InChI is InChI=1S/C16H21N5O3S/c1-2-21-15(12-6-5-9-24-12)18-19-16(21)25-11-13(22)17-10-14(23)20-7-3-4-8-20/h5-6,9H,2-4,7-8,10-11H2,1H3,(H,17,22). The molecule has 0 aromatic carbocycles. The van der Waals surface area contributed by atoms with Crippen molar-refractivity contribution in [3.8, 4) is 11.6 Å². The smallest absolute Gasteiger partial charge is 0.241 e. The number of amides is 2. The second-order valence-corrected chi connectivity index (χ2v) is 6.62. The Bertz CT molecular complexity index is 722. The number of nitrogens with zero attached hydrogens (tertiary/aromatic N) is 4. The van der Waals surface area contributed by atoms with Crippen molar-refractivity contribution >= 4 is 23.6 Å². The predicted octanol–water partition coefficient (Wildman–Crippen LogP) is 1.39. The molecule has 9 heteroatoms. The van der Waals surface area contributed by atoms with Crippen LogP contribution in [-0.2, 0) is 16.1 Å². The van der Waals surface area contributed by atoms with Crippen LogP contribution in [0.1, 0.15) is 19.8 Å². The minimum Gasteiger partial charge on any atom is -0.461 e. The van der Waals surface area contributed by atoms with Crippen LogP contribution in [0.15, 0.2) is 28.0 Å². The van der Waals surface area contributed by atoms with Crippen molar-refractivity contribution in [2.75, 3.05) is 25.4 Å². The Labute approximate surface area is 150 Å². The van der Waals surface area contributed by atoms with Crippen LogP contribution in [0.25, 0.3) is 11.6 Å². The summed E-state index contributed by atoms with van der Waals surface area (Å²) in [7, 11) is 0. The van der Waals surface area contributed by atoms with Crippen molar-refractivity contribution in [3.63, 3.8) is 0 Å². The van der Waals surface area contributed by atoms with Gasteiger partial charge in [-0.1, -0.05) is 11.8 Å². The number of thioether (sulfide) groups is 1. The summed E-state index contributed by atoms with van der Waals surface area (Å²) in [6, 6.07) is 3.61. The molecule has 134 valence electrons. The van der Waals surface area contributed by atoms with Gasteiger partial charge in [0, 0.05) is 19.6 Å². The number of hydrogen-bond acceptors (Lipinski definition) is 6. The number of likely N-dealkylation sites (tertiary alicyclic amines) is 1. The Morgan fingerprint density at radius 2 is 2.12 bits per heavy atom. The monoisotopic (exact) mass is 363 g/mol. The zero-order chi connectivity index (χ0) is 17.6. The summed E-state index contributed by atoms with van der Waals surface area (Å²) in [6.07, 6.45) is 3.67. The van der Waals surface area contributed by atoms with Crippen molar-refractivity contribution in [2.45, 2.75) is 31.5 Å². The van der Waals surface area contributed by atoms with Gasteiger partial charge in [-0.3, -0.25) is 14.2 Å². The molecule has 2 aromatic heterocycles. The van der Waals surface area contributed by atoms with Crippen LogP contribution in [0.4, 0.5) is 0 Å². The van der Waals surface area contributed by atoms with E-state index in [1.807, 2.05) is 17.6 Å². The van der Waals surface area contributed by atoms with Gasteiger partial charge in [-0.2, -0.15) is 0 Å². The quantitative estimate of drug-likeness (QED) is 0.747. The average molecular weight is 363 g/mol. The second-order valence-electron chi connectivity index (χ2n) is 5.68. The zero-order valence-corrected chi connectivity index (χ0v) is 14.9. The number of hydrogen-bond donors (Lipinski definition) is 1. The van der Waals surface area contributed by atoms with Crippen molar-refractivity contribution in [3.05, 3.63) is 18.4 Å². The number of furan rings is 1. The summed E-state index contributed by atoms with van der Waals surface area (Å²) in [6.45, 7) is 4.28. The summed E-state index contributed by atoms with van der Waals surface area (Å²) in [5.41, 5.74) is 0. The van der Waals surface area contributed by atoms with E-state index in [-0.39, 0.29) is 24.1 Å². The van der Waals surface area contributed by atoms with Crippen molar-refractivity contribution in [1.29, 1.82) is 0 Å². The highest BCUT2D eigenvalue weighted by Crippen LogP contribution is 2.24. The molecule has 1 aliphatic rings. The van der Waals surface area contributed by atoms with E-state index in [0.717, 1.165) is 25.9 Å². The fourth-order valence-electron chi connectivity index (χ4n) is 2.70. The molecule has 0 unspecified atom stereocenters. The van der Waals surface area contributed by atoms with Gasteiger partial charge >= 0.3 is 0 Å². The van der Waals surface area contributed by atoms with E-state index in [0.29, 0.717) is 23.3 Å². The molecule has 1 aliphatic heterocycles. The zero-order valence-electron chi connectivity index (χ0n) is 14.1. The van der Waals surface area contributed by atoms with Crippen molar-refractivity contribution in [1.82, 2.24) is 25.0 Å². The molecule has 0 bridgehead atoms. The first-order valence-corrected chi connectivity index (χ1v) is 9.32. The van der Waals surface area contributed by atoms with Gasteiger partial charge in [0.15, 0.2) is 16.7 Å². The van der Waals surface area contributed by atoms with Crippen LogP contribution in [0.2, 0.25) is 0 Å². The molecule has 3 heterocycles. The van der Waals surface area contributed by atoms with Gasteiger partial charge in [0.1, 0.15) is 0 Å². The van der Waals surface area contributed by atoms with Crippen LogP contribution in [0.3, 0.4) is 0 Å². The van der Waals surface area contributed by atoms with E-state index < -0.39 is 0 Å². The molecule has 25 heavy (non-hydrogen) atoms. The lowest BCUT2D eigenvalue weighted by atomic mass is 10.4. The van der Waals surface area contributed by atoms with E-state index >= 15 is 0 Å². The first-order chi connectivity index (χ1) is 12.2. The predicted molar refractivity (Wildman–Crippen MR) is 92.9 cm³/mol. The molecule has 1 fully saturated rings. The van der Waals surface area contributed by atoms with Crippen molar-refractivity contribution < 1.29 is 14.0 Å². The first-order valence-electron chi connectivity index (χ1n) is 8.33. The van der Waals surface area contributed by atoms with E-state index in [9.17, 15) is 9.59 Å². The molecule has 0 spiro atoms. The maximum Gasteiger partial charge on any atom is 0.241 e. The summed E-state index contributed by atoms with van der Waals surface area (Å²) >= 11 is 1.29. The lowest BCUT2D eigenvalue weighted by Gasteiger charge is -2.15. The maximum atomic E-state index is 12.0. The molecule has 1 N–H and O–H groups in total. The van der Waals surface area contributed by atoms with Gasteiger partial charge < -0.3 is 14.6 Å². The minimum atomic E-state index is -0.192. The largest absolute Gasteiger partial charge is 0.461 e. The number of carbonyl (C=O) groups excluding carboxylic acids is 2. The Morgan fingerprint density at radius 1 is 1.32 bits per heavy atom. The summed E-state index contributed by atoms with van der Waals surface area (Å²) in [4.78, 5) is 25.7. The third-order valence-corrected chi connectivity index (χ3v) is 4.97. The average Bonchev–Trinajstić information content (AvgIpc) is 3.38. The molecule has 2 amide bonds.